The van der Waals surface area contributed by atoms with Crippen LogP contribution in [0, 0.1) is 0 Å². The van der Waals surface area contributed by atoms with E-state index < -0.39 is 27.5 Å². The number of carbonyl (C=O) groups is 1. The fourth-order valence-corrected chi connectivity index (χ4v) is 3.20. The van der Waals surface area contributed by atoms with Crippen molar-refractivity contribution in [2.24, 2.45) is 0 Å². The van der Waals surface area contributed by atoms with Crippen molar-refractivity contribution >= 4 is 21.4 Å². The maximum absolute atomic E-state index is 12.7. The largest absolute Gasteiger partial charge is 0.416 e. The molecule has 21 heavy (non-hydrogen) atoms. The Labute approximate surface area is 119 Å². The highest BCUT2D eigenvalue weighted by molar-refractivity contribution is 7.91. The van der Waals surface area contributed by atoms with Crippen molar-refractivity contribution in [3.8, 4) is 0 Å². The molecule has 1 saturated heterocycles. The van der Waals surface area contributed by atoms with Crippen LogP contribution >= 0.6 is 0 Å². The molecule has 2 rings (SSSR count). The Kier molecular flexibility index (Phi) is 3.87. The highest BCUT2D eigenvalue weighted by atomic mass is 32.2. The Morgan fingerprint density at radius 1 is 1.19 bits per heavy atom. The SMILES string of the molecule is Nc1ccc(C(F)(F)F)cc1C(=O)N1CCS(=O)(=O)CC1. The van der Waals surface area contributed by atoms with E-state index in [2.05, 4.69) is 0 Å². The van der Waals surface area contributed by atoms with Crippen molar-refractivity contribution < 1.29 is 26.4 Å². The fourth-order valence-electron chi connectivity index (χ4n) is 2.00. The summed E-state index contributed by atoms with van der Waals surface area (Å²) in [7, 11) is -3.18. The maximum Gasteiger partial charge on any atom is 0.416 e. The molecule has 2 N–H and O–H groups in total. The lowest BCUT2D eigenvalue weighted by Crippen LogP contribution is -2.44. The number of anilines is 1. The van der Waals surface area contributed by atoms with Crippen LogP contribution in [0.5, 0.6) is 0 Å². The van der Waals surface area contributed by atoms with Crippen LogP contribution < -0.4 is 5.73 Å². The Morgan fingerprint density at radius 2 is 1.76 bits per heavy atom. The van der Waals surface area contributed by atoms with E-state index in [1.165, 1.54) is 4.90 Å². The van der Waals surface area contributed by atoms with Crippen molar-refractivity contribution in [1.82, 2.24) is 4.90 Å². The third kappa shape index (κ3) is 3.46. The van der Waals surface area contributed by atoms with Gasteiger partial charge < -0.3 is 10.6 Å². The van der Waals surface area contributed by atoms with Crippen LogP contribution in [0.1, 0.15) is 15.9 Å². The molecule has 5 nitrogen and oxygen atoms in total. The summed E-state index contributed by atoms with van der Waals surface area (Å²) in [6.45, 7) is -0.0896. The summed E-state index contributed by atoms with van der Waals surface area (Å²) in [6, 6.07) is 2.52. The van der Waals surface area contributed by atoms with Gasteiger partial charge in [0.2, 0.25) is 0 Å². The number of nitrogens with zero attached hydrogens (tertiary/aromatic N) is 1. The van der Waals surface area contributed by atoms with Gasteiger partial charge in [-0.05, 0) is 18.2 Å². The zero-order valence-electron chi connectivity index (χ0n) is 10.9. The van der Waals surface area contributed by atoms with E-state index in [4.69, 9.17) is 5.73 Å². The molecule has 116 valence electrons. The lowest BCUT2D eigenvalue weighted by molar-refractivity contribution is -0.137. The summed E-state index contributed by atoms with van der Waals surface area (Å²) >= 11 is 0. The highest BCUT2D eigenvalue weighted by Crippen LogP contribution is 2.31. The van der Waals surface area contributed by atoms with Crippen LogP contribution in [0.15, 0.2) is 18.2 Å². The molecule has 0 atom stereocenters. The van der Waals surface area contributed by atoms with Gasteiger partial charge in [0.1, 0.15) is 0 Å². The lowest BCUT2D eigenvalue weighted by atomic mass is 10.1. The molecular formula is C12H13F3N2O3S. The monoisotopic (exact) mass is 322 g/mol. The van der Waals surface area contributed by atoms with Gasteiger partial charge in [0.05, 0.1) is 22.6 Å². The fraction of sp³-hybridized carbons (Fsp3) is 0.417. The first kappa shape index (κ1) is 15.6. The second kappa shape index (κ2) is 5.21. The molecule has 1 aliphatic rings. The van der Waals surface area contributed by atoms with Crippen molar-refractivity contribution in [3.63, 3.8) is 0 Å². The third-order valence-electron chi connectivity index (χ3n) is 3.24. The quantitative estimate of drug-likeness (QED) is 0.787. The molecule has 0 bridgehead atoms. The van der Waals surface area contributed by atoms with E-state index in [0.29, 0.717) is 6.07 Å². The normalized spacial score (nSPS) is 18.5. The molecule has 1 aliphatic heterocycles. The van der Waals surface area contributed by atoms with Crippen molar-refractivity contribution in [1.29, 1.82) is 0 Å². The zero-order chi connectivity index (χ0) is 15.8. The smallest absolute Gasteiger partial charge is 0.398 e. The molecule has 0 saturated carbocycles. The Morgan fingerprint density at radius 3 is 2.29 bits per heavy atom. The number of halogens is 3. The number of benzene rings is 1. The number of hydrogen-bond donors (Lipinski definition) is 1. The first-order valence-corrected chi connectivity index (χ1v) is 7.89. The number of nitrogens with two attached hydrogens (primary N) is 1. The topological polar surface area (TPSA) is 80.5 Å². The number of amides is 1. The Hall–Kier alpha value is -1.77. The van der Waals surface area contributed by atoms with E-state index in [1.54, 1.807) is 0 Å². The van der Waals surface area contributed by atoms with Crippen molar-refractivity contribution in [2.45, 2.75) is 6.18 Å². The van der Waals surface area contributed by atoms with Crippen LogP contribution in [0.3, 0.4) is 0 Å². The zero-order valence-corrected chi connectivity index (χ0v) is 11.7. The second-order valence-electron chi connectivity index (χ2n) is 4.74. The molecule has 1 amide bonds. The Bertz CT molecular complexity index is 657. The number of alkyl halides is 3. The number of nitrogen functional groups attached to an aromatic ring is 1. The highest BCUT2D eigenvalue weighted by Gasteiger charge is 2.33. The van der Waals surface area contributed by atoms with E-state index in [9.17, 15) is 26.4 Å². The second-order valence-corrected chi connectivity index (χ2v) is 7.05. The summed E-state index contributed by atoms with van der Waals surface area (Å²) in [5, 5.41) is 0. The number of sulfone groups is 1. The van der Waals surface area contributed by atoms with Gasteiger partial charge in [-0.3, -0.25) is 4.79 Å². The lowest BCUT2D eigenvalue weighted by Gasteiger charge is -2.27. The predicted octanol–water partition coefficient (Wildman–Crippen LogP) is 1.16. The van der Waals surface area contributed by atoms with Gasteiger partial charge in [-0.15, -0.1) is 0 Å². The molecule has 0 radical (unpaired) electrons. The maximum atomic E-state index is 12.7. The minimum atomic E-state index is -4.58. The average molecular weight is 322 g/mol. The van der Waals surface area contributed by atoms with Crippen molar-refractivity contribution in [2.75, 3.05) is 30.3 Å². The van der Waals surface area contributed by atoms with E-state index >= 15 is 0 Å². The summed E-state index contributed by atoms with van der Waals surface area (Å²) in [4.78, 5) is 13.4. The Balaban J connectivity index is 2.27. The summed E-state index contributed by atoms with van der Waals surface area (Å²) in [5.41, 5.74) is 4.26. The predicted molar refractivity (Wildman–Crippen MR) is 70.4 cm³/mol. The average Bonchev–Trinajstić information content (AvgIpc) is 2.37. The molecule has 0 spiro atoms. The van der Waals surface area contributed by atoms with Gasteiger partial charge >= 0.3 is 6.18 Å². The molecule has 0 aromatic heterocycles. The van der Waals surface area contributed by atoms with Gasteiger partial charge in [-0.1, -0.05) is 0 Å². The van der Waals surface area contributed by atoms with E-state index in [0.717, 1.165) is 12.1 Å². The minimum absolute atomic E-state index is 0.0448. The first-order valence-electron chi connectivity index (χ1n) is 6.06. The van der Waals surface area contributed by atoms with E-state index in [-0.39, 0.29) is 35.8 Å². The number of carbonyl (C=O) groups excluding carboxylic acids is 1. The van der Waals surface area contributed by atoms with Crippen LogP contribution in [-0.2, 0) is 16.0 Å². The van der Waals surface area contributed by atoms with Crippen LogP contribution in [0.25, 0.3) is 0 Å². The van der Waals surface area contributed by atoms with Crippen molar-refractivity contribution in [3.05, 3.63) is 29.3 Å². The third-order valence-corrected chi connectivity index (χ3v) is 4.85. The molecular weight excluding hydrogens is 309 g/mol. The molecule has 1 aromatic rings. The molecule has 1 aromatic carbocycles. The van der Waals surface area contributed by atoms with Gasteiger partial charge in [0.15, 0.2) is 9.84 Å². The minimum Gasteiger partial charge on any atom is -0.398 e. The van der Waals surface area contributed by atoms with Crippen LogP contribution in [-0.4, -0.2) is 43.8 Å². The summed E-state index contributed by atoms with van der Waals surface area (Å²) in [5.74, 6) is -1.08. The van der Waals surface area contributed by atoms with E-state index in [1.807, 2.05) is 0 Å². The molecule has 0 unspecified atom stereocenters. The van der Waals surface area contributed by atoms with Crippen LogP contribution in [0.2, 0.25) is 0 Å². The standard InChI is InChI=1S/C12H13F3N2O3S/c13-12(14,15)8-1-2-10(16)9(7-8)11(18)17-3-5-21(19,20)6-4-17/h1-2,7H,3-6,16H2. The van der Waals surface area contributed by atoms with Gasteiger partial charge in [0, 0.05) is 18.8 Å². The summed E-state index contributed by atoms with van der Waals surface area (Å²) in [6.07, 6.45) is -4.58. The first-order chi connectivity index (χ1) is 9.60. The summed E-state index contributed by atoms with van der Waals surface area (Å²) < 4.78 is 60.6. The van der Waals surface area contributed by atoms with Gasteiger partial charge in [0.25, 0.3) is 5.91 Å². The molecule has 1 fully saturated rings. The van der Waals surface area contributed by atoms with Gasteiger partial charge in [-0.2, -0.15) is 13.2 Å². The van der Waals surface area contributed by atoms with Gasteiger partial charge in [-0.25, -0.2) is 8.42 Å². The molecule has 0 aliphatic carbocycles. The van der Waals surface area contributed by atoms with Crippen LogP contribution in [0.4, 0.5) is 18.9 Å². The number of hydrogen-bond acceptors (Lipinski definition) is 4. The number of rotatable bonds is 1. The molecule has 1 heterocycles. The molecule has 9 heteroatoms.